The Kier molecular flexibility index (Phi) is 5.31. The van der Waals surface area contributed by atoms with Crippen LogP contribution in [0.4, 0.5) is 14.7 Å². The van der Waals surface area contributed by atoms with E-state index in [1.54, 1.807) is 49.8 Å². The molecular formula is C25H23F2N6O3P. The average molecular weight is 524 g/mol. The number of rotatable bonds is 5. The smallest absolute Gasteiger partial charge is 0.387 e. The molecule has 0 radical (unpaired) electrons. The fraction of sp³-hybridized carbons (Fsp3) is 0.280. The van der Waals surface area contributed by atoms with Crippen LogP contribution in [0, 0.1) is 0 Å². The molecule has 0 saturated heterocycles. The van der Waals surface area contributed by atoms with E-state index < -0.39 is 19.9 Å². The van der Waals surface area contributed by atoms with Gasteiger partial charge in [0.15, 0.2) is 7.29 Å². The van der Waals surface area contributed by atoms with Gasteiger partial charge in [0.1, 0.15) is 11.6 Å². The molecule has 1 N–H and O–H groups in total. The molecule has 190 valence electrons. The number of benzene rings is 2. The number of carbonyl (C=O) groups is 1. The van der Waals surface area contributed by atoms with E-state index in [0.717, 1.165) is 22.2 Å². The lowest BCUT2D eigenvalue weighted by molar-refractivity contribution is -0.0507. The lowest BCUT2D eigenvalue weighted by Gasteiger charge is -2.24. The summed E-state index contributed by atoms with van der Waals surface area (Å²) in [7, 11) is -0.836. The maximum atomic E-state index is 13.3. The summed E-state index contributed by atoms with van der Waals surface area (Å²) < 4.78 is 45.5. The Morgan fingerprint density at radius 3 is 2.57 bits per heavy atom. The van der Waals surface area contributed by atoms with Gasteiger partial charge in [-0.3, -0.25) is 4.79 Å². The van der Waals surface area contributed by atoms with Gasteiger partial charge in [0.05, 0.1) is 23.1 Å². The zero-order chi connectivity index (χ0) is 26.1. The minimum Gasteiger partial charge on any atom is -0.434 e. The molecule has 4 heterocycles. The maximum absolute atomic E-state index is 13.3. The van der Waals surface area contributed by atoms with Gasteiger partial charge in [0.2, 0.25) is 5.95 Å². The van der Waals surface area contributed by atoms with E-state index >= 15 is 0 Å². The first-order valence-corrected chi connectivity index (χ1v) is 14.2. The highest BCUT2D eigenvalue weighted by Crippen LogP contribution is 2.50. The van der Waals surface area contributed by atoms with Crippen LogP contribution in [0.5, 0.6) is 5.75 Å². The number of alkyl halides is 2. The van der Waals surface area contributed by atoms with Gasteiger partial charge in [0.25, 0.3) is 5.91 Å². The van der Waals surface area contributed by atoms with E-state index in [4.69, 9.17) is 9.72 Å². The quantitative estimate of drug-likeness (QED) is 0.360. The zero-order valence-corrected chi connectivity index (χ0v) is 21.1. The Morgan fingerprint density at radius 1 is 1.11 bits per heavy atom. The topological polar surface area (TPSA) is 102 Å². The highest BCUT2D eigenvalue weighted by molar-refractivity contribution is 7.63. The number of halogens is 2. The van der Waals surface area contributed by atoms with Crippen molar-refractivity contribution in [3.05, 3.63) is 65.7 Å². The number of anilines is 1. The largest absolute Gasteiger partial charge is 0.434 e. The van der Waals surface area contributed by atoms with Crippen LogP contribution in [0.1, 0.15) is 40.3 Å². The summed E-state index contributed by atoms with van der Waals surface area (Å²) in [6.07, 6.45) is 3.79. The first-order valence-electron chi connectivity index (χ1n) is 11.6. The molecule has 0 spiro atoms. The number of hydrogen-bond acceptors (Lipinski definition) is 6. The highest BCUT2D eigenvalue weighted by atomic mass is 31.2. The zero-order valence-electron chi connectivity index (χ0n) is 20.2. The van der Waals surface area contributed by atoms with Crippen LogP contribution >= 0.6 is 7.29 Å². The minimum absolute atomic E-state index is 0.00798. The Hall–Kier alpha value is -3.85. The summed E-state index contributed by atoms with van der Waals surface area (Å²) >= 11 is 0. The lowest BCUT2D eigenvalue weighted by atomic mass is 9.97. The summed E-state index contributed by atoms with van der Waals surface area (Å²) in [4.78, 5) is 28.3. The average Bonchev–Trinajstić information content (AvgIpc) is 3.36. The molecule has 12 heteroatoms. The van der Waals surface area contributed by atoms with Crippen molar-refractivity contribution in [2.45, 2.75) is 25.1 Å². The molecular weight excluding hydrogens is 501 g/mol. The molecule has 1 amide bonds. The summed E-state index contributed by atoms with van der Waals surface area (Å²) in [6.45, 7) is 0.174. The van der Waals surface area contributed by atoms with E-state index in [9.17, 15) is 18.1 Å². The van der Waals surface area contributed by atoms with E-state index in [0.29, 0.717) is 23.4 Å². The number of aromatic nitrogens is 4. The van der Waals surface area contributed by atoms with Crippen molar-refractivity contribution in [1.29, 1.82) is 0 Å². The van der Waals surface area contributed by atoms with Crippen molar-refractivity contribution in [3.8, 4) is 16.9 Å². The molecule has 2 aromatic carbocycles. The monoisotopic (exact) mass is 524 g/mol. The van der Waals surface area contributed by atoms with Crippen LogP contribution in [0.2, 0.25) is 0 Å². The third kappa shape index (κ3) is 3.94. The summed E-state index contributed by atoms with van der Waals surface area (Å²) in [5, 5.41) is 2.81. The molecule has 2 aromatic heterocycles. The summed E-state index contributed by atoms with van der Waals surface area (Å²) in [6, 6.07) is 9.69. The second kappa shape index (κ2) is 8.34. The van der Waals surface area contributed by atoms with Crippen LogP contribution < -0.4 is 9.82 Å². The molecule has 37 heavy (non-hydrogen) atoms. The van der Waals surface area contributed by atoms with Crippen molar-refractivity contribution in [3.63, 3.8) is 0 Å². The number of imidazole rings is 1. The Bertz CT molecular complexity index is 1600. The van der Waals surface area contributed by atoms with Gasteiger partial charge < -0.3 is 23.9 Å². The number of amides is 1. The van der Waals surface area contributed by atoms with Crippen molar-refractivity contribution in [1.82, 2.24) is 24.4 Å². The van der Waals surface area contributed by atoms with Gasteiger partial charge in [-0.1, -0.05) is 12.1 Å². The molecule has 0 fully saturated rings. The lowest BCUT2D eigenvalue weighted by Crippen LogP contribution is -2.30. The van der Waals surface area contributed by atoms with Crippen LogP contribution in [-0.2, 0) is 4.57 Å². The van der Waals surface area contributed by atoms with Crippen molar-refractivity contribution in [2.75, 3.05) is 25.5 Å². The first-order chi connectivity index (χ1) is 17.6. The Labute approximate surface area is 210 Å². The number of hydrogen-bond donors (Lipinski definition) is 1. The van der Waals surface area contributed by atoms with Gasteiger partial charge in [0, 0.05) is 55.9 Å². The second-order valence-electron chi connectivity index (χ2n) is 9.58. The SMILES string of the molecule is CN1C(=O)c2cccc(OC(F)F)c2[C@@H]2C[C@@H]1c1nc3ccc(-c4cnc(NP(C)(C)=O)nc4)cc3n12. The van der Waals surface area contributed by atoms with Crippen molar-refractivity contribution in [2.24, 2.45) is 0 Å². The van der Waals surface area contributed by atoms with Gasteiger partial charge in [-0.2, -0.15) is 8.78 Å². The van der Waals surface area contributed by atoms with Crippen molar-refractivity contribution < 1.29 is 22.9 Å². The molecule has 2 aliphatic heterocycles. The molecule has 0 saturated carbocycles. The normalized spacial score (nSPS) is 18.6. The fourth-order valence-corrected chi connectivity index (χ4v) is 5.83. The standard InChI is InChI=1S/C25H23F2N6O3P/c1-32-19-10-18(21-15(23(32)34)5-4-6-20(21)36-24(26)27)33-17-9-13(7-8-16(17)30-22(19)33)14-11-28-25(29-12-14)31-37(2,3)35/h4-9,11-12,18-19,24H,10H2,1-3H3,(H,28,29,31,35)/t18-,19+/m0/s1. The number of carbonyl (C=O) groups excluding carboxylic acids is 1. The predicted molar refractivity (Wildman–Crippen MR) is 135 cm³/mol. The predicted octanol–water partition coefficient (Wildman–Crippen LogP) is 5.16. The summed E-state index contributed by atoms with van der Waals surface area (Å²) in [5.74, 6) is 0.717. The molecule has 2 bridgehead atoms. The number of fused-ring (bicyclic) bond motifs is 9. The molecule has 6 rings (SSSR count). The van der Waals surface area contributed by atoms with E-state index in [-0.39, 0.29) is 23.6 Å². The first kappa shape index (κ1) is 23.5. The molecule has 0 unspecified atom stereocenters. The maximum Gasteiger partial charge on any atom is 0.387 e. The minimum atomic E-state index is -3.02. The third-order valence-corrected chi connectivity index (χ3v) is 7.50. The molecule has 0 aliphatic carbocycles. The van der Waals surface area contributed by atoms with E-state index in [1.165, 1.54) is 6.07 Å². The second-order valence-corrected chi connectivity index (χ2v) is 12.5. The molecule has 9 nitrogen and oxygen atoms in total. The summed E-state index contributed by atoms with van der Waals surface area (Å²) in [5.41, 5.74) is 3.89. The van der Waals surface area contributed by atoms with E-state index in [2.05, 4.69) is 15.1 Å². The van der Waals surface area contributed by atoms with Crippen LogP contribution in [0.15, 0.2) is 48.8 Å². The Morgan fingerprint density at radius 2 is 1.86 bits per heavy atom. The third-order valence-electron chi connectivity index (χ3n) is 6.76. The van der Waals surface area contributed by atoms with Gasteiger partial charge in [-0.15, -0.1) is 0 Å². The van der Waals surface area contributed by atoms with Gasteiger partial charge in [-0.05, 0) is 29.8 Å². The van der Waals surface area contributed by atoms with E-state index in [1.807, 2.05) is 22.8 Å². The van der Waals surface area contributed by atoms with Crippen LogP contribution in [-0.4, -0.2) is 57.3 Å². The molecule has 4 aromatic rings. The highest BCUT2D eigenvalue weighted by Gasteiger charge is 2.45. The fourth-order valence-electron chi connectivity index (χ4n) is 5.23. The number of nitrogens with one attached hydrogen (secondary N) is 1. The van der Waals surface area contributed by atoms with Gasteiger partial charge in [-0.25, -0.2) is 15.0 Å². The number of nitrogens with zero attached hydrogens (tertiary/aromatic N) is 5. The Balaban J connectivity index is 1.49. The van der Waals surface area contributed by atoms with Crippen LogP contribution in [0.3, 0.4) is 0 Å². The van der Waals surface area contributed by atoms with Crippen molar-refractivity contribution >= 4 is 30.2 Å². The number of ether oxygens (including phenoxy) is 1. The molecule has 2 aliphatic rings. The van der Waals surface area contributed by atoms with Crippen LogP contribution in [0.25, 0.3) is 22.2 Å². The van der Waals surface area contributed by atoms with Gasteiger partial charge >= 0.3 is 6.61 Å². The molecule has 2 atom stereocenters.